The molecule has 0 amide bonds. The summed E-state index contributed by atoms with van der Waals surface area (Å²) in [7, 11) is 0.971. The monoisotopic (exact) mass is 464 g/mol. The Morgan fingerprint density at radius 1 is 1.25 bits per heavy atom. The molecule has 1 N–H and O–H groups in total. The van der Waals surface area contributed by atoms with E-state index in [0.29, 0.717) is 23.6 Å². The summed E-state index contributed by atoms with van der Waals surface area (Å²) in [6, 6.07) is 5.06. The van der Waals surface area contributed by atoms with E-state index in [1.165, 1.54) is 23.0 Å². The van der Waals surface area contributed by atoms with Gasteiger partial charge in [-0.3, -0.25) is 4.90 Å². The number of rotatable bonds is 6. The minimum atomic E-state index is -2.67. The summed E-state index contributed by atoms with van der Waals surface area (Å²) < 4.78 is 42.3. The van der Waals surface area contributed by atoms with E-state index in [0.717, 1.165) is 12.4 Å². The van der Waals surface area contributed by atoms with E-state index in [1.807, 2.05) is 6.07 Å². The number of nitrogens with zero attached hydrogens (tertiary/aromatic N) is 7. The number of imidazole rings is 1. The van der Waals surface area contributed by atoms with E-state index >= 15 is 0 Å². The second-order valence-corrected chi connectivity index (χ2v) is 9.21. The van der Waals surface area contributed by atoms with Crippen LogP contribution in [0.15, 0.2) is 30.7 Å². The molecule has 0 spiro atoms. The molecule has 9 nitrogen and oxygen atoms in total. The molecule has 0 aliphatic carbocycles. The Morgan fingerprint density at radius 3 is 2.75 bits per heavy atom. The van der Waals surface area contributed by atoms with Crippen molar-refractivity contribution in [1.29, 1.82) is 0 Å². The molecule has 1 fully saturated rings. The van der Waals surface area contributed by atoms with Crippen LogP contribution < -0.4 is 9.62 Å². The van der Waals surface area contributed by atoms with Crippen LogP contribution in [0, 0.1) is 0 Å². The maximum absolute atomic E-state index is 13.1. The number of nitrogens with one attached hydrogen (secondary N) is 1. The third-order valence-electron chi connectivity index (χ3n) is 6.04. The molecule has 0 bridgehead atoms. The minimum Gasteiger partial charge on any atom is -0.351 e. The van der Waals surface area contributed by atoms with Gasteiger partial charge in [0.1, 0.15) is 23.5 Å². The van der Waals surface area contributed by atoms with Gasteiger partial charge in [-0.2, -0.15) is 5.10 Å². The predicted octanol–water partition coefficient (Wildman–Crippen LogP) is 1.90. The van der Waals surface area contributed by atoms with E-state index in [-0.39, 0.29) is 23.8 Å². The molecule has 4 heterocycles. The summed E-state index contributed by atoms with van der Waals surface area (Å²) in [5.74, 6) is 0.727. The summed E-state index contributed by atoms with van der Waals surface area (Å²) in [5, 5.41) is 4.03. The van der Waals surface area contributed by atoms with Crippen LogP contribution >= 0.6 is 0 Å². The van der Waals surface area contributed by atoms with Gasteiger partial charge in [0.15, 0.2) is 5.65 Å². The lowest BCUT2D eigenvalue weighted by atomic mass is 9.99. The zero-order chi connectivity index (χ0) is 23.0. The van der Waals surface area contributed by atoms with Crippen LogP contribution in [0.25, 0.3) is 17.0 Å². The highest BCUT2D eigenvalue weighted by molar-refractivity contribution is 7.82. The molecule has 172 valence electrons. The topological polar surface area (TPSA) is 91.6 Å². The number of fused-ring (bicyclic) bond motifs is 1. The van der Waals surface area contributed by atoms with Gasteiger partial charge in [-0.25, -0.2) is 37.2 Å². The Kier molecular flexibility index (Phi) is 6.45. The summed E-state index contributed by atoms with van der Waals surface area (Å²) in [6.45, 7) is 5.57. The van der Waals surface area contributed by atoms with Gasteiger partial charge in [-0.1, -0.05) is 0 Å². The molecule has 1 saturated heterocycles. The fraction of sp³-hybridized carbons (Fsp3) is 0.500. The van der Waals surface area contributed by atoms with Crippen molar-refractivity contribution in [3.05, 3.63) is 36.4 Å². The second-order valence-electron chi connectivity index (χ2n) is 8.01. The Hall–Kier alpha value is -2.57. The fourth-order valence-corrected chi connectivity index (χ4v) is 4.50. The summed E-state index contributed by atoms with van der Waals surface area (Å²) in [4.78, 5) is 17.6. The molecule has 3 aromatic rings. The number of halogens is 2. The van der Waals surface area contributed by atoms with Crippen molar-refractivity contribution in [1.82, 2.24) is 34.2 Å². The molecule has 0 radical (unpaired) electrons. The predicted molar refractivity (Wildman–Crippen MR) is 119 cm³/mol. The first-order chi connectivity index (χ1) is 15.3. The maximum atomic E-state index is 13.1. The highest BCUT2D eigenvalue weighted by Crippen LogP contribution is 2.28. The molecular formula is C20H26F2N8OS. The lowest BCUT2D eigenvalue weighted by molar-refractivity contribution is 0.129. The SMILES string of the molecule is CC1C(CNS(C)=O)N(C)C(C)CN1c1cc(-c2cnc3ccc(C(F)F)nn23)ncn1. The number of alkyl halides is 2. The average molecular weight is 465 g/mol. The number of likely N-dealkylation sites (N-methyl/N-ethyl adjacent to an activating group) is 1. The minimum absolute atomic E-state index is 0.0840. The summed E-state index contributed by atoms with van der Waals surface area (Å²) in [5.41, 5.74) is 1.20. The molecule has 32 heavy (non-hydrogen) atoms. The highest BCUT2D eigenvalue weighted by atomic mass is 32.2. The Bertz CT molecular complexity index is 1130. The number of hydrogen-bond donors (Lipinski definition) is 1. The molecule has 1 aliphatic heterocycles. The van der Waals surface area contributed by atoms with Crippen molar-refractivity contribution in [2.75, 3.05) is 31.3 Å². The second kappa shape index (κ2) is 9.12. The quantitative estimate of drug-likeness (QED) is 0.596. The maximum Gasteiger partial charge on any atom is 0.282 e. The molecule has 12 heteroatoms. The molecule has 1 aliphatic rings. The lowest BCUT2D eigenvalue weighted by Crippen LogP contribution is -2.64. The zero-order valence-corrected chi connectivity index (χ0v) is 19.1. The van der Waals surface area contributed by atoms with E-state index in [4.69, 9.17) is 0 Å². The largest absolute Gasteiger partial charge is 0.351 e. The average Bonchev–Trinajstić information content (AvgIpc) is 3.19. The summed E-state index contributed by atoms with van der Waals surface area (Å²) in [6.07, 6.45) is 1.98. The van der Waals surface area contributed by atoms with Crippen LogP contribution in [0.1, 0.15) is 26.0 Å². The molecule has 4 atom stereocenters. The first-order valence-electron chi connectivity index (χ1n) is 10.3. The van der Waals surface area contributed by atoms with Crippen LogP contribution in [-0.4, -0.2) is 78.2 Å². The third-order valence-corrected chi connectivity index (χ3v) is 6.61. The number of aromatic nitrogens is 5. The fourth-order valence-electron chi connectivity index (χ4n) is 4.10. The first kappa shape index (κ1) is 22.6. The van der Waals surface area contributed by atoms with Crippen molar-refractivity contribution < 1.29 is 13.0 Å². The van der Waals surface area contributed by atoms with Crippen LogP contribution in [0.2, 0.25) is 0 Å². The van der Waals surface area contributed by atoms with E-state index in [1.54, 1.807) is 12.5 Å². The van der Waals surface area contributed by atoms with Crippen molar-refractivity contribution in [3.8, 4) is 11.4 Å². The van der Waals surface area contributed by atoms with E-state index in [2.05, 4.69) is 55.5 Å². The Balaban J connectivity index is 1.67. The van der Waals surface area contributed by atoms with E-state index in [9.17, 15) is 13.0 Å². The van der Waals surface area contributed by atoms with Gasteiger partial charge in [0.05, 0.1) is 22.9 Å². The Labute approximate surface area is 187 Å². The summed E-state index contributed by atoms with van der Waals surface area (Å²) >= 11 is 0. The lowest BCUT2D eigenvalue weighted by Gasteiger charge is -2.49. The molecule has 0 aromatic carbocycles. The van der Waals surface area contributed by atoms with Crippen LogP contribution in [0.4, 0.5) is 14.6 Å². The number of piperazine rings is 1. The van der Waals surface area contributed by atoms with Gasteiger partial charge in [0, 0.05) is 43.5 Å². The van der Waals surface area contributed by atoms with Crippen molar-refractivity contribution in [2.45, 2.75) is 38.4 Å². The normalized spacial score (nSPS) is 23.2. The van der Waals surface area contributed by atoms with Gasteiger partial charge in [0.25, 0.3) is 6.43 Å². The first-order valence-corrected chi connectivity index (χ1v) is 11.8. The van der Waals surface area contributed by atoms with Gasteiger partial charge in [0.2, 0.25) is 0 Å². The van der Waals surface area contributed by atoms with Crippen molar-refractivity contribution >= 4 is 22.5 Å². The van der Waals surface area contributed by atoms with Crippen LogP contribution in [-0.2, 0) is 11.0 Å². The van der Waals surface area contributed by atoms with Gasteiger partial charge in [-0.05, 0) is 33.0 Å². The molecule has 3 aromatic heterocycles. The number of anilines is 1. The molecule has 0 saturated carbocycles. The molecule has 4 rings (SSSR count). The van der Waals surface area contributed by atoms with Gasteiger partial charge < -0.3 is 4.90 Å². The van der Waals surface area contributed by atoms with Crippen molar-refractivity contribution in [3.63, 3.8) is 0 Å². The van der Waals surface area contributed by atoms with Gasteiger partial charge in [-0.15, -0.1) is 0 Å². The standard InChI is InChI=1S/C20H26F2N8OS/c1-12-10-29(13(2)16(28(12)3)9-26-32(4)31)19-7-15(24-11-25-19)17-8-23-18-6-5-14(20(21)22)27-30(17)18/h5-8,11-13,16,20,26H,9-10H2,1-4H3. The molecule has 4 unspecified atom stereocenters. The Morgan fingerprint density at radius 2 is 2.03 bits per heavy atom. The van der Waals surface area contributed by atoms with Crippen molar-refractivity contribution in [2.24, 2.45) is 0 Å². The smallest absolute Gasteiger partial charge is 0.282 e. The van der Waals surface area contributed by atoms with E-state index < -0.39 is 17.4 Å². The van der Waals surface area contributed by atoms with Crippen LogP contribution in [0.3, 0.4) is 0 Å². The zero-order valence-electron chi connectivity index (χ0n) is 18.3. The molecular weight excluding hydrogens is 438 g/mol. The number of hydrogen-bond acceptors (Lipinski definition) is 7. The van der Waals surface area contributed by atoms with Crippen LogP contribution in [0.5, 0.6) is 0 Å². The third kappa shape index (κ3) is 4.34. The van der Waals surface area contributed by atoms with Gasteiger partial charge >= 0.3 is 0 Å². The highest BCUT2D eigenvalue weighted by Gasteiger charge is 2.36.